The number of phosphoric ester groups is 2. The van der Waals surface area contributed by atoms with E-state index in [1.807, 2.05) is 0 Å². The summed E-state index contributed by atoms with van der Waals surface area (Å²) in [6, 6.07) is 0. The van der Waals surface area contributed by atoms with Crippen molar-refractivity contribution in [1.82, 2.24) is 0 Å². The summed E-state index contributed by atoms with van der Waals surface area (Å²) in [5.74, 6) is 0.993. The molecular formula is C82H160O17P2. The number of hydrogen-bond acceptors (Lipinski definition) is 15. The van der Waals surface area contributed by atoms with E-state index in [4.69, 9.17) is 37.0 Å². The lowest BCUT2D eigenvalue weighted by molar-refractivity contribution is -0.161. The second kappa shape index (κ2) is 71.0. The Bertz CT molecular complexity index is 1970. The van der Waals surface area contributed by atoms with Crippen molar-refractivity contribution in [2.75, 3.05) is 39.6 Å². The maximum Gasteiger partial charge on any atom is 0.472 e. The average Bonchev–Trinajstić information content (AvgIpc) is 0.929. The van der Waals surface area contributed by atoms with Crippen molar-refractivity contribution in [2.24, 2.45) is 23.7 Å². The molecule has 0 amide bonds. The summed E-state index contributed by atoms with van der Waals surface area (Å²) in [5.41, 5.74) is 0. The van der Waals surface area contributed by atoms with Gasteiger partial charge in [-0.1, -0.05) is 370 Å². The highest BCUT2D eigenvalue weighted by Crippen LogP contribution is 2.45. The van der Waals surface area contributed by atoms with Crippen molar-refractivity contribution in [3.05, 3.63) is 0 Å². The Hall–Kier alpha value is -1.94. The smallest absolute Gasteiger partial charge is 0.462 e. The highest BCUT2D eigenvalue weighted by Gasteiger charge is 2.30. The van der Waals surface area contributed by atoms with E-state index in [-0.39, 0.29) is 25.7 Å². The molecule has 0 saturated heterocycles. The first kappa shape index (κ1) is 99.1. The molecule has 0 bridgehead atoms. The van der Waals surface area contributed by atoms with Crippen LogP contribution < -0.4 is 0 Å². The van der Waals surface area contributed by atoms with Crippen LogP contribution in [0.15, 0.2) is 0 Å². The molecule has 0 radical (unpaired) electrons. The fourth-order valence-electron chi connectivity index (χ4n) is 12.6. The van der Waals surface area contributed by atoms with Crippen LogP contribution in [0.1, 0.15) is 421 Å². The molecule has 600 valence electrons. The van der Waals surface area contributed by atoms with E-state index >= 15 is 0 Å². The molecule has 0 heterocycles. The zero-order valence-corrected chi connectivity index (χ0v) is 68.3. The molecule has 0 aliphatic carbocycles. The molecule has 0 aromatic carbocycles. The van der Waals surface area contributed by atoms with Gasteiger partial charge >= 0.3 is 39.5 Å². The number of hydrogen-bond donors (Lipinski definition) is 3. The van der Waals surface area contributed by atoms with Crippen LogP contribution in [0.25, 0.3) is 0 Å². The Morgan fingerprint density at radius 1 is 0.248 bits per heavy atom. The van der Waals surface area contributed by atoms with Gasteiger partial charge in [-0.2, -0.15) is 0 Å². The van der Waals surface area contributed by atoms with E-state index in [1.54, 1.807) is 0 Å². The van der Waals surface area contributed by atoms with Gasteiger partial charge in [0.2, 0.25) is 0 Å². The molecule has 0 spiro atoms. The number of aliphatic hydroxyl groups excluding tert-OH is 1. The van der Waals surface area contributed by atoms with Crippen molar-refractivity contribution in [2.45, 2.75) is 440 Å². The summed E-state index contributed by atoms with van der Waals surface area (Å²) in [6.45, 7) is 14.3. The molecule has 0 rings (SSSR count). The van der Waals surface area contributed by atoms with Crippen molar-refractivity contribution in [3.8, 4) is 0 Å². The van der Waals surface area contributed by atoms with Gasteiger partial charge in [-0.3, -0.25) is 37.3 Å². The molecule has 19 heteroatoms. The molecule has 0 fully saturated rings. The average molecular weight is 1480 g/mol. The maximum absolute atomic E-state index is 13.1. The summed E-state index contributed by atoms with van der Waals surface area (Å²) in [5, 5.41) is 10.7. The van der Waals surface area contributed by atoms with Crippen LogP contribution >= 0.6 is 15.6 Å². The Kier molecular flexibility index (Phi) is 69.6. The van der Waals surface area contributed by atoms with Crippen LogP contribution in [0.4, 0.5) is 0 Å². The van der Waals surface area contributed by atoms with E-state index in [9.17, 15) is 43.2 Å². The molecule has 0 aliphatic rings. The zero-order valence-electron chi connectivity index (χ0n) is 66.5. The summed E-state index contributed by atoms with van der Waals surface area (Å²) in [7, 11) is -9.92. The van der Waals surface area contributed by atoms with Crippen molar-refractivity contribution < 1.29 is 80.2 Å². The van der Waals surface area contributed by atoms with Gasteiger partial charge in [0.25, 0.3) is 0 Å². The fraction of sp³-hybridized carbons (Fsp3) is 0.951. The van der Waals surface area contributed by atoms with Crippen molar-refractivity contribution in [3.63, 3.8) is 0 Å². The quantitative estimate of drug-likeness (QED) is 0.0222. The number of carbonyl (C=O) groups is 4. The third-order valence-corrected chi connectivity index (χ3v) is 21.0. The summed E-state index contributed by atoms with van der Waals surface area (Å²) in [6.07, 6.45) is 58.2. The standard InChI is InChI=1S/C82H160O17P2/c1-72(2)58-50-42-34-26-20-14-10-9-11-17-24-30-40-48-56-64-81(86)98-77(68-92-79(84)62-54-46-38-29-23-16-13-12-15-21-27-35-43-51-59-73(3)4)70-96-100(88,89)94-66-76(83)67-95-101(90,91)97-71-78(69-93-80(85)63-55-47-39-33-32-37-45-53-61-75(7)8)99-82(87)65-57-49-41-31-25-19-18-22-28-36-44-52-60-74(5)6/h72-78,83H,9-71H2,1-8H3,(H,88,89)(H,90,91)/t76-,77-,78-/m1/s1. The molecule has 0 aliphatic heterocycles. The van der Waals surface area contributed by atoms with Crippen LogP contribution in [0, 0.1) is 23.7 Å². The van der Waals surface area contributed by atoms with E-state index in [2.05, 4.69) is 55.4 Å². The Morgan fingerprint density at radius 2 is 0.416 bits per heavy atom. The first-order valence-corrected chi connectivity index (χ1v) is 45.2. The number of esters is 4. The molecule has 3 N–H and O–H groups in total. The predicted molar refractivity (Wildman–Crippen MR) is 414 cm³/mol. The molecule has 0 saturated carbocycles. The summed E-state index contributed by atoms with van der Waals surface area (Å²) in [4.78, 5) is 73.1. The zero-order chi connectivity index (χ0) is 74.6. The number of phosphoric acid groups is 2. The molecule has 0 aromatic rings. The van der Waals surface area contributed by atoms with Gasteiger partial charge in [0.05, 0.1) is 26.4 Å². The Morgan fingerprint density at radius 3 is 0.614 bits per heavy atom. The lowest BCUT2D eigenvalue weighted by Gasteiger charge is -2.21. The monoisotopic (exact) mass is 1480 g/mol. The molecule has 17 nitrogen and oxygen atoms in total. The van der Waals surface area contributed by atoms with Gasteiger partial charge in [0, 0.05) is 25.7 Å². The lowest BCUT2D eigenvalue weighted by Crippen LogP contribution is -2.30. The van der Waals surface area contributed by atoms with Crippen LogP contribution in [0.3, 0.4) is 0 Å². The third kappa shape index (κ3) is 76.1. The van der Waals surface area contributed by atoms with Crippen molar-refractivity contribution >= 4 is 39.5 Å². The van der Waals surface area contributed by atoms with E-state index in [0.29, 0.717) is 25.7 Å². The van der Waals surface area contributed by atoms with E-state index < -0.39 is 97.5 Å². The number of ether oxygens (including phenoxy) is 4. The second-order valence-corrected chi connectivity index (χ2v) is 34.3. The minimum absolute atomic E-state index is 0.106. The normalized spacial score (nSPS) is 14.0. The molecule has 101 heavy (non-hydrogen) atoms. The van der Waals surface area contributed by atoms with Gasteiger partial charge in [-0.25, -0.2) is 9.13 Å². The molecular weight excluding hydrogens is 1320 g/mol. The predicted octanol–water partition coefficient (Wildman–Crippen LogP) is 24.4. The van der Waals surface area contributed by atoms with Crippen LogP contribution in [0.2, 0.25) is 0 Å². The number of aliphatic hydroxyl groups is 1. The van der Waals surface area contributed by atoms with Gasteiger partial charge in [0.15, 0.2) is 12.2 Å². The van der Waals surface area contributed by atoms with Crippen LogP contribution in [-0.2, 0) is 65.4 Å². The number of carbonyl (C=O) groups excluding carboxylic acids is 4. The first-order chi connectivity index (χ1) is 48.6. The van der Waals surface area contributed by atoms with Gasteiger partial charge in [0.1, 0.15) is 19.3 Å². The van der Waals surface area contributed by atoms with Gasteiger partial charge in [-0.15, -0.1) is 0 Å². The highest BCUT2D eigenvalue weighted by atomic mass is 31.2. The summed E-state index contributed by atoms with van der Waals surface area (Å²) < 4.78 is 68.8. The number of unbranched alkanes of at least 4 members (excludes halogenated alkanes) is 45. The van der Waals surface area contributed by atoms with Gasteiger partial charge < -0.3 is 33.8 Å². The third-order valence-electron chi connectivity index (χ3n) is 19.1. The molecule has 0 aromatic heterocycles. The molecule has 2 unspecified atom stereocenters. The molecule has 5 atom stereocenters. The minimum atomic E-state index is -4.96. The topological polar surface area (TPSA) is 237 Å². The van der Waals surface area contributed by atoms with Crippen molar-refractivity contribution in [1.29, 1.82) is 0 Å². The largest absolute Gasteiger partial charge is 0.472 e. The Labute approximate surface area is 619 Å². The van der Waals surface area contributed by atoms with Gasteiger partial charge in [-0.05, 0) is 49.4 Å². The fourth-order valence-corrected chi connectivity index (χ4v) is 14.2. The second-order valence-electron chi connectivity index (χ2n) is 31.4. The van der Waals surface area contributed by atoms with E-state index in [1.165, 1.54) is 225 Å². The highest BCUT2D eigenvalue weighted by molar-refractivity contribution is 7.47. The Balaban J connectivity index is 5.26. The first-order valence-electron chi connectivity index (χ1n) is 42.2. The summed E-state index contributed by atoms with van der Waals surface area (Å²) >= 11 is 0. The number of rotatable bonds is 79. The SMILES string of the molecule is CC(C)CCCCCCCCCCCCCCCCCC(=O)O[C@H](COC(=O)CCCCCCCCCCCCCCCCC(C)C)COP(=O)(O)OC[C@@H](O)COP(=O)(O)OC[C@@H](COC(=O)CCCCCCCCCCC(C)C)OC(=O)CCCCCCCCCCCCCCC(C)C. The maximum atomic E-state index is 13.1. The van der Waals surface area contributed by atoms with E-state index in [0.717, 1.165) is 114 Å². The minimum Gasteiger partial charge on any atom is -0.462 e. The van der Waals surface area contributed by atoms with Crippen LogP contribution in [0.5, 0.6) is 0 Å². The van der Waals surface area contributed by atoms with Crippen LogP contribution in [-0.4, -0.2) is 96.7 Å². The lowest BCUT2D eigenvalue weighted by atomic mass is 10.0.